The third-order valence-corrected chi connectivity index (χ3v) is 24.1. The first-order valence-electron chi connectivity index (χ1n) is 33.4. The van der Waals surface area contributed by atoms with Crippen LogP contribution < -0.4 is 0 Å². The predicted molar refractivity (Wildman–Crippen MR) is 325 cm³/mol. The lowest BCUT2D eigenvalue weighted by Crippen LogP contribution is -2.60. The van der Waals surface area contributed by atoms with Crippen LogP contribution in [0.3, 0.4) is 0 Å². The van der Waals surface area contributed by atoms with E-state index in [1.165, 1.54) is 219 Å². The van der Waals surface area contributed by atoms with Crippen molar-refractivity contribution in [3.8, 4) is 0 Å². The molecule has 6 unspecified atom stereocenters. The van der Waals surface area contributed by atoms with Crippen LogP contribution in [0.2, 0.25) is 12.1 Å². The number of fused-ring (bicyclic) bond motifs is 6. The summed E-state index contributed by atoms with van der Waals surface area (Å²) in [6.07, 6.45) is 47.1. The fourth-order valence-electron chi connectivity index (χ4n) is 11.7. The average Bonchev–Trinajstić information content (AvgIpc) is 3.50. The van der Waals surface area contributed by atoms with E-state index in [1.54, 1.807) is 0 Å². The maximum atomic E-state index is 7.72. The van der Waals surface area contributed by atoms with Crippen LogP contribution in [0.1, 0.15) is 266 Å². The van der Waals surface area contributed by atoms with Gasteiger partial charge in [0.25, 0.3) is 0 Å². The molecule has 3 aliphatic rings. The molecule has 0 radical (unpaired) electrons. The Morgan fingerprint density at radius 2 is 0.671 bits per heavy atom. The zero-order valence-corrected chi connectivity index (χ0v) is 54.6. The van der Waals surface area contributed by atoms with Gasteiger partial charge in [0, 0.05) is 37.5 Å². The lowest BCUT2D eigenvalue weighted by Gasteiger charge is -2.40. The number of nitrogens with zero attached hydrogens (tertiary/aromatic N) is 2. The maximum absolute atomic E-state index is 7.72. The molecule has 76 heavy (non-hydrogen) atoms. The highest BCUT2D eigenvalue weighted by atomic mass is 28.5. The molecule has 3 saturated heterocycles. The normalized spacial score (nSPS) is 24.3. The van der Waals surface area contributed by atoms with Crippen LogP contribution in [-0.2, 0) is 36.0 Å². The van der Waals surface area contributed by atoms with E-state index in [1.807, 2.05) is 0 Å². The van der Waals surface area contributed by atoms with Gasteiger partial charge in [-0.15, -0.1) is 0 Å². The molecular formula is C64H132N2O8Si2+2. The Hall–Kier alpha value is 0.0338. The van der Waals surface area contributed by atoms with Gasteiger partial charge in [-0.3, -0.25) is 0 Å². The van der Waals surface area contributed by atoms with E-state index in [9.17, 15) is 0 Å². The van der Waals surface area contributed by atoms with Crippen molar-refractivity contribution in [3.05, 3.63) is 0 Å². The van der Waals surface area contributed by atoms with Crippen molar-refractivity contribution in [2.45, 2.75) is 297 Å². The fourth-order valence-corrected chi connectivity index (χ4v) is 19.1. The van der Waals surface area contributed by atoms with Crippen molar-refractivity contribution < 1.29 is 45.0 Å². The maximum Gasteiger partial charge on any atom is 0.494 e. The monoisotopic (exact) mass is 1110 g/mol. The van der Waals surface area contributed by atoms with Gasteiger partial charge in [-0.1, -0.05) is 221 Å². The zero-order valence-electron chi connectivity index (χ0n) is 52.6. The molecule has 0 aliphatic carbocycles. The molecule has 452 valence electrons. The van der Waals surface area contributed by atoms with Gasteiger partial charge in [-0.2, -0.15) is 0 Å². The molecule has 3 fully saturated rings. The van der Waals surface area contributed by atoms with Crippen LogP contribution in [0.25, 0.3) is 0 Å². The Balaban J connectivity index is 1.60. The number of quaternary nitrogens is 2. The standard InChI is InChI=1S/C64H132N2O8Si2/c1-11-13-15-17-19-21-23-25-27-29-31-33-35-37-39-41-45-65(7,8)47-43-49-75-70-53-61(60(5)6)52-67-63(57-72-75)55-69-64-54-68-62(51-59(3)4)56-71-76(74-75,73-58-64)50-44-48-66(9,10)46-42-40-38-36-34-32-30-28-26-24-22-20-18-16-14-12-2/h59-64H,11-58H2,1-10H3/q+2. The lowest BCUT2D eigenvalue weighted by atomic mass is 9.98. The second-order valence-electron chi connectivity index (χ2n) is 26.8. The highest BCUT2D eigenvalue weighted by Gasteiger charge is 2.56. The van der Waals surface area contributed by atoms with Gasteiger partial charge >= 0.3 is 17.6 Å². The van der Waals surface area contributed by atoms with Gasteiger partial charge in [0.15, 0.2) is 0 Å². The average molecular weight is 1110 g/mol. The molecular weight excluding hydrogens is 981 g/mol. The second-order valence-corrected chi connectivity index (χ2v) is 32.5. The minimum atomic E-state index is -3.43. The van der Waals surface area contributed by atoms with Gasteiger partial charge in [-0.25, -0.2) is 0 Å². The van der Waals surface area contributed by atoms with Gasteiger partial charge in [0.05, 0.1) is 100 Å². The van der Waals surface area contributed by atoms with E-state index < -0.39 is 17.6 Å². The van der Waals surface area contributed by atoms with E-state index in [0.717, 1.165) is 53.4 Å². The molecule has 0 aromatic heterocycles. The van der Waals surface area contributed by atoms with Gasteiger partial charge < -0.3 is 45.0 Å². The Kier molecular flexibility index (Phi) is 39.6. The van der Waals surface area contributed by atoms with E-state index in [2.05, 4.69) is 69.7 Å². The van der Waals surface area contributed by atoms with Crippen LogP contribution >= 0.6 is 0 Å². The van der Waals surface area contributed by atoms with E-state index in [4.69, 9.17) is 36.0 Å². The third kappa shape index (κ3) is 34.5. The summed E-state index contributed by atoms with van der Waals surface area (Å²) in [4.78, 5) is 0. The molecule has 6 atom stereocenters. The minimum absolute atomic E-state index is 0.0677. The van der Waals surface area contributed by atoms with Crippen molar-refractivity contribution in [3.63, 3.8) is 0 Å². The van der Waals surface area contributed by atoms with Crippen LogP contribution in [0.4, 0.5) is 0 Å². The first kappa shape index (κ1) is 70.3. The highest BCUT2D eigenvalue weighted by molar-refractivity contribution is 6.75. The van der Waals surface area contributed by atoms with Crippen molar-refractivity contribution >= 4 is 17.6 Å². The van der Waals surface area contributed by atoms with E-state index in [-0.39, 0.29) is 24.2 Å². The number of unbranched alkanes of at least 4 members (excludes halogenated alkanes) is 30. The number of hydrogen-bond donors (Lipinski definition) is 0. The van der Waals surface area contributed by atoms with Gasteiger partial charge in [-0.05, 0) is 43.9 Å². The Labute approximate surface area is 475 Å². The summed E-state index contributed by atoms with van der Waals surface area (Å²) >= 11 is 0. The molecule has 0 N–H and O–H groups in total. The van der Waals surface area contributed by atoms with Crippen molar-refractivity contribution in [2.24, 2.45) is 17.8 Å². The molecule has 3 aliphatic heterocycles. The second kappa shape index (κ2) is 42.8. The molecule has 0 saturated carbocycles. The molecule has 0 amide bonds. The molecule has 0 aromatic rings. The molecule has 0 aromatic carbocycles. The molecule has 4 bridgehead atoms. The number of hydrogen-bond acceptors (Lipinski definition) is 8. The predicted octanol–water partition coefficient (Wildman–Crippen LogP) is 16.9. The summed E-state index contributed by atoms with van der Waals surface area (Å²) in [6.45, 7) is 21.4. The summed E-state index contributed by atoms with van der Waals surface area (Å²) < 4.78 is 58.5. The summed E-state index contributed by atoms with van der Waals surface area (Å²) in [6, 6.07) is 1.47. The fraction of sp³-hybridized carbons (Fsp3) is 1.00. The van der Waals surface area contributed by atoms with Crippen LogP contribution in [0.5, 0.6) is 0 Å². The van der Waals surface area contributed by atoms with Crippen LogP contribution in [0.15, 0.2) is 0 Å². The van der Waals surface area contributed by atoms with Crippen molar-refractivity contribution in [2.75, 3.05) is 101 Å². The Bertz CT molecular complexity index is 1350. The summed E-state index contributed by atoms with van der Waals surface area (Å²) in [7, 11) is 2.83. The van der Waals surface area contributed by atoms with Crippen LogP contribution in [-0.4, -0.2) is 146 Å². The topological polar surface area (TPSA) is 73.8 Å². The number of ether oxygens (including phenoxy) is 3. The molecule has 0 spiro atoms. The van der Waals surface area contributed by atoms with Gasteiger partial charge in [0.1, 0.15) is 12.2 Å². The summed E-state index contributed by atoms with van der Waals surface area (Å²) in [5.41, 5.74) is 0. The smallest absolute Gasteiger partial charge is 0.374 e. The van der Waals surface area contributed by atoms with Crippen LogP contribution in [0, 0.1) is 17.8 Å². The quantitative estimate of drug-likeness (QED) is 0.0339. The van der Waals surface area contributed by atoms with E-state index in [0.29, 0.717) is 58.1 Å². The minimum Gasteiger partial charge on any atom is -0.374 e. The Morgan fingerprint density at radius 1 is 0.355 bits per heavy atom. The first-order valence-corrected chi connectivity index (χ1v) is 37.3. The molecule has 12 heteroatoms. The van der Waals surface area contributed by atoms with E-state index >= 15 is 0 Å². The summed E-state index contributed by atoms with van der Waals surface area (Å²) in [5.74, 6) is 1.07. The zero-order chi connectivity index (χ0) is 55.1. The molecule has 10 nitrogen and oxygen atoms in total. The first-order chi connectivity index (χ1) is 36.7. The summed E-state index contributed by atoms with van der Waals surface area (Å²) in [5, 5.41) is 0. The Morgan fingerprint density at radius 3 is 1.04 bits per heavy atom. The van der Waals surface area contributed by atoms with Crippen molar-refractivity contribution in [1.29, 1.82) is 0 Å². The number of rotatable bonds is 45. The highest BCUT2D eigenvalue weighted by Crippen LogP contribution is 2.34. The SMILES string of the molecule is CCCCCCCCCCCCCCCCCC[N+](C)(C)CCC[Si]12OCC(COC(CC(C)C)CO1)OCC1CO[Si](CCC[N+](C)(C)CCCCCCCCCCCCCCCCCC)(OCC(C(C)C)CO1)O2. The lowest BCUT2D eigenvalue weighted by molar-refractivity contribution is -0.890. The van der Waals surface area contributed by atoms with Gasteiger partial charge in [0.2, 0.25) is 0 Å². The third-order valence-electron chi connectivity index (χ3n) is 17.3. The largest absolute Gasteiger partial charge is 0.494 e. The van der Waals surface area contributed by atoms with Crippen molar-refractivity contribution in [1.82, 2.24) is 0 Å². The molecule has 3 heterocycles. The molecule has 3 rings (SSSR count).